The minimum absolute atomic E-state index is 0.228. The molecule has 0 bridgehead atoms. The first-order valence-corrected chi connectivity index (χ1v) is 6.46. The Morgan fingerprint density at radius 2 is 2.12 bits per heavy atom. The van der Waals surface area contributed by atoms with E-state index in [0.717, 1.165) is 22.1 Å². The molecule has 0 fully saturated rings. The second kappa shape index (κ2) is 3.84. The first-order valence-electron chi connectivity index (χ1n) is 5.67. The zero-order valence-corrected chi connectivity index (χ0v) is 11.1. The summed E-state index contributed by atoms with van der Waals surface area (Å²) in [5.41, 5.74) is 3.49. The molecule has 0 saturated heterocycles. The second-order valence-corrected chi connectivity index (χ2v) is 5.27. The summed E-state index contributed by atoms with van der Waals surface area (Å²) in [6.07, 6.45) is 5.35. The molecule has 86 valence electrons. The Kier molecular flexibility index (Phi) is 2.44. The number of ketones is 1. The number of allylic oxidation sites excluding steroid dienone is 2. The molecule has 0 saturated carbocycles. The third kappa shape index (κ3) is 1.65. The molecule has 0 atom stereocenters. The number of aromatic nitrogens is 1. The van der Waals surface area contributed by atoms with E-state index in [-0.39, 0.29) is 5.78 Å². The largest absolute Gasteiger partial charge is 0.319 e. The Hall–Kier alpha value is -1.35. The number of halogens is 1. The number of carbonyl (C=O) groups is 1. The minimum Gasteiger partial charge on any atom is -0.319 e. The highest BCUT2D eigenvalue weighted by molar-refractivity contribution is 9.10. The van der Waals surface area contributed by atoms with E-state index >= 15 is 0 Å². The highest BCUT2D eigenvalue weighted by atomic mass is 79.9. The summed E-state index contributed by atoms with van der Waals surface area (Å²) >= 11 is 3.59. The van der Waals surface area contributed by atoms with Crippen molar-refractivity contribution in [3.05, 3.63) is 40.5 Å². The molecule has 1 heterocycles. The molecule has 0 spiro atoms. The average Bonchev–Trinajstić information content (AvgIpc) is 2.85. The molecular weight excluding hydrogens is 278 g/mol. The van der Waals surface area contributed by atoms with E-state index in [2.05, 4.69) is 39.7 Å². The van der Waals surface area contributed by atoms with Crippen molar-refractivity contribution in [2.45, 2.75) is 19.8 Å². The van der Waals surface area contributed by atoms with Gasteiger partial charge >= 0.3 is 0 Å². The smallest absolute Gasteiger partial charge is 0.157 e. The van der Waals surface area contributed by atoms with Crippen molar-refractivity contribution >= 4 is 38.3 Å². The predicted octanol–water partition coefficient (Wildman–Crippen LogP) is 3.92. The van der Waals surface area contributed by atoms with E-state index in [1.54, 1.807) is 6.08 Å². The lowest BCUT2D eigenvalue weighted by Crippen LogP contribution is -1.92. The molecule has 1 aromatic carbocycles. The van der Waals surface area contributed by atoms with E-state index in [1.807, 2.05) is 12.1 Å². The van der Waals surface area contributed by atoms with Crippen molar-refractivity contribution in [3.8, 4) is 0 Å². The van der Waals surface area contributed by atoms with Crippen molar-refractivity contribution in [1.29, 1.82) is 0 Å². The van der Waals surface area contributed by atoms with Crippen LogP contribution >= 0.6 is 15.9 Å². The van der Waals surface area contributed by atoms with Gasteiger partial charge in [-0.25, -0.2) is 0 Å². The summed E-state index contributed by atoms with van der Waals surface area (Å²) in [4.78, 5) is 11.4. The quantitative estimate of drug-likeness (QED) is 0.780. The van der Waals surface area contributed by atoms with Crippen molar-refractivity contribution in [2.24, 2.45) is 0 Å². The Labute approximate surface area is 108 Å². The van der Waals surface area contributed by atoms with Gasteiger partial charge in [0, 0.05) is 34.2 Å². The van der Waals surface area contributed by atoms with Gasteiger partial charge in [0.25, 0.3) is 0 Å². The maximum absolute atomic E-state index is 11.4. The molecule has 2 aromatic rings. The van der Waals surface area contributed by atoms with Gasteiger partial charge in [-0.15, -0.1) is 0 Å². The van der Waals surface area contributed by atoms with Crippen LogP contribution in [-0.4, -0.2) is 10.4 Å². The monoisotopic (exact) mass is 289 g/mol. The number of carbonyl (C=O) groups excluding carboxylic acids is 1. The Morgan fingerprint density at radius 3 is 2.82 bits per heavy atom. The highest BCUT2D eigenvalue weighted by Crippen LogP contribution is 2.32. The third-order valence-corrected chi connectivity index (χ3v) is 3.88. The number of hydrogen-bond donors (Lipinski definition) is 0. The molecule has 0 aliphatic heterocycles. The normalized spacial score (nSPS) is 15.6. The van der Waals surface area contributed by atoms with Crippen molar-refractivity contribution < 1.29 is 4.79 Å². The molecule has 0 amide bonds. The molecule has 0 N–H and O–H groups in total. The summed E-state index contributed by atoms with van der Waals surface area (Å²) in [5.74, 6) is 0.228. The average molecular weight is 290 g/mol. The topological polar surface area (TPSA) is 22.0 Å². The molecule has 3 rings (SSSR count). The molecular formula is C14H12BrNO. The van der Waals surface area contributed by atoms with Crippen LogP contribution in [0, 0.1) is 6.92 Å². The molecule has 17 heavy (non-hydrogen) atoms. The van der Waals surface area contributed by atoms with E-state index in [9.17, 15) is 4.79 Å². The number of fused-ring (bicyclic) bond motifs is 1. The van der Waals surface area contributed by atoms with Crippen LogP contribution < -0.4 is 0 Å². The van der Waals surface area contributed by atoms with Crippen molar-refractivity contribution in [3.63, 3.8) is 0 Å². The number of hydrogen-bond acceptors (Lipinski definition) is 1. The van der Waals surface area contributed by atoms with Gasteiger partial charge in [-0.2, -0.15) is 0 Å². The second-order valence-electron chi connectivity index (χ2n) is 4.42. The SMILES string of the molecule is Cc1cn(C2=CC(=O)CC2)c2c(Br)cccc12. The van der Waals surface area contributed by atoms with Crippen LogP contribution in [0.25, 0.3) is 16.6 Å². The Balaban J connectivity index is 2.30. The van der Waals surface area contributed by atoms with Crippen LogP contribution in [0.5, 0.6) is 0 Å². The number of rotatable bonds is 1. The summed E-state index contributed by atoms with van der Waals surface area (Å²) in [5, 5.41) is 1.24. The van der Waals surface area contributed by atoms with E-state index in [1.165, 1.54) is 10.9 Å². The van der Waals surface area contributed by atoms with Crippen molar-refractivity contribution in [2.75, 3.05) is 0 Å². The van der Waals surface area contributed by atoms with Gasteiger partial charge in [0.05, 0.1) is 5.52 Å². The van der Waals surface area contributed by atoms with Crippen LogP contribution in [0.15, 0.2) is 34.9 Å². The van der Waals surface area contributed by atoms with Gasteiger partial charge in [-0.3, -0.25) is 4.79 Å². The van der Waals surface area contributed by atoms with Gasteiger partial charge in [0.1, 0.15) is 0 Å². The molecule has 2 nitrogen and oxygen atoms in total. The summed E-state index contributed by atoms with van der Waals surface area (Å²) in [6, 6.07) is 6.19. The van der Waals surface area contributed by atoms with E-state index in [0.29, 0.717) is 6.42 Å². The fraction of sp³-hybridized carbons (Fsp3) is 0.214. The first kappa shape index (κ1) is 10.8. The summed E-state index contributed by atoms with van der Waals surface area (Å²) < 4.78 is 3.21. The lowest BCUT2D eigenvalue weighted by molar-refractivity contribution is -0.114. The molecule has 0 unspecified atom stereocenters. The van der Waals surface area contributed by atoms with Gasteiger partial charge in [-0.1, -0.05) is 12.1 Å². The van der Waals surface area contributed by atoms with Crippen molar-refractivity contribution in [1.82, 2.24) is 4.57 Å². The predicted molar refractivity (Wildman–Crippen MR) is 72.9 cm³/mol. The molecule has 3 heteroatoms. The standard InChI is InChI=1S/C14H12BrNO/c1-9-8-16(10-5-6-11(17)7-10)14-12(9)3-2-4-13(14)15/h2-4,7-8H,5-6H2,1H3. The van der Waals surface area contributed by atoms with Gasteiger partial charge in [-0.05, 0) is 40.9 Å². The lowest BCUT2D eigenvalue weighted by Gasteiger charge is -2.06. The fourth-order valence-corrected chi connectivity index (χ4v) is 2.96. The number of para-hydroxylation sites is 1. The first-order chi connectivity index (χ1) is 8.16. The van der Waals surface area contributed by atoms with Gasteiger partial charge in [0.2, 0.25) is 0 Å². The molecule has 1 aliphatic carbocycles. The summed E-state index contributed by atoms with van der Waals surface area (Å²) in [6.45, 7) is 2.10. The fourth-order valence-electron chi connectivity index (χ4n) is 2.40. The maximum atomic E-state index is 11.4. The lowest BCUT2D eigenvalue weighted by atomic mass is 10.2. The third-order valence-electron chi connectivity index (χ3n) is 3.24. The molecule has 1 aliphatic rings. The molecule has 1 aromatic heterocycles. The highest BCUT2D eigenvalue weighted by Gasteiger charge is 2.17. The van der Waals surface area contributed by atoms with Gasteiger partial charge < -0.3 is 4.57 Å². The Morgan fingerprint density at radius 1 is 1.29 bits per heavy atom. The molecule has 0 radical (unpaired) electrons. The number of nitrogens with zero attached hydrogens (tertiary/aromatic N) is 1. The van der Waals surface area contributed by atoms with E-state index < -0.39 is 0 Å². The summed E-state index contributed by atoms with van der Waals surface area (Å²) in [7, 11) is 0. The van der Waals surface area contributed by atoms with Crippen LogP contribution in [0.1, 0.15) is 18.4 Å². The Bertz CT molecular complexity index is 652. The minimum atomic E-state index is 0.228. The number of aryl methyl sites for hydroxylation is 1. The zero-order chi connectivity index (χ0) is 12.0. The van der Waals surface area contributed by atoms with Crippen LogP contribution in [0.3, 0.4) is 0 Å². The zero-order valence-electron chi connectivity index (χ0n) is 9.53. The van der Waals surface area contributed by atoms with Crippen LogP contribution in [0.2, 0.25) is 0 Å². The van der Waals surface area contributed by atoms with Crippen LogP contribution in [0.4, 0.5) is 0 Å². The van der Waals surface area contributed by atoms with Gasteiger partial charge in [0.15, 0.2) is 5.78 Å². The maximum Gasteiger partial charge on any atom is 0.157 e. The number of benzene rings is 1. The van der Waals surface area contributed by atoms with Crippen LogP contribution in [-0.2, 0) is 4.79 Å². The van der Waals surface area contributed by atoms with E-state index in [4.69, 9.17) is 0 Å².